The van der Waals surface area contributed by atoms with E-state index in [1.165, 1.54) is 6.07 Å². The normalized spacial score (nSPS) is 12.8. The van der Waals surface area contributed by atoms with Gasteiger partial charge in [-0.05, 0) is 23.8 Å². The number of aliphatic hydroxyl groups is 4. The second kappa shape index (κ2) is 11.8. The molecule has 0 saturated carbocycles. The Morgan fingerprint density at radius 2 is 1.50 bits per heavy atom. The van der Waals surface area contributed by atoms with Gasteiger partial charge >= 0.3 is 41.5 Å². The molecule has 4 N–H and O–H groups in total. The molecule has 0 heterocycles. The van der Waals surface area contributed by atoms with Crippen molar-refractivity contribution in [1.82, 2.24) is 0 Å². The van der Waals surface area contributed by atoms with E-state index in [2.05, 4.69) is 0 Å². The summed E-state index contributed by atoms with van der Waals surface area (Å²) in [6.07, 6.45) is -1.88. The molecule has 136 valence electrons. The Balaban J connectivity index is 0.00000625. The molecule has 1 aromatic carbocycles. The van der Waals surface area contributed by atoms with Crippen LogP contribution < -0.4 is 44.1 Å². The van der Waals surface area contributed by atoms with Crippen molar-refractivity contribution < 1.29 is 78.9 Å². The van der Waals surface area contributed by atoms with Gasteiger partial charge in [-0.1, -0.05) is 12.1 Å². The summed E-state index contributed by atoms with van der Waals surface area (Å²) in [7, 11) is 0. The zero-order valence-corrected chi connectivity index (χ0v) is 15.7. The number of aliphatic hydroxyl groups excluding tert-OH is 4. The topological polar surface area (TPSA) is 174 Å². The average Bonchev–Trinajstić information content (AvgIpc) is 2.59. The predicted octanol–water partition coefficient (Wildman–Crippen LogP) is -6.03. The molecular formula is C15H15NaO10. The molecule has 10 nitrogen and oxygen atoms in total. The molecule has 0 amide bonds. The smallest absolute Gasteiger partial charge is 0.545 e. The van der Waals surface area contributed by atoms with Crippen molar-refractivity contribution in [3.8, 4) is 11.5 Å². The summed E-state index contributed by atoms with van der Waals surface area (Å²) in [6, 6.07) is 3.54. The van der Waals surface area contributed by atoms with Gasteiger partial charge in [-0.2, -0.15) is 0 Å². The Bertz CT molecular complexity index is 672. The maximum Gasteiger partial charge on any atom is 1.00 e. The largest absolute Gasteiger partial charge is 1.00 e. The monoisotopic (exact) mass is 378 g/mol. The molecule has 0 aliphatic rings. The second-order valence-electron chi connectivity index (χ2n) is 4.60. The summed E-state index contributed by atoms with van der Waals surface area (Å²) in [6.45, 7) is -1.81. The Morgan fingerprint density at radius 1 is 1.00 bits per heavy atom. The molecule has 0 spiro atoms. The molecule has 26 heavy (non-hydrogen) atoms. The first kappa shape index (κ1) is 24.2. The fraction of sp³-hybridized carbons (Fsp3) is 0.267. The molecular weight excluding hydrogens is 363 g/mol. The molecule has 2 unspecified atom stereocenters. The Kier molecular flexibility index (Phi) is 10.9. The van der Waals surface area contributed by atoms with E-state index in [0.29, 0.717) is 6.08 Å². The number of esters is 2. The maximum atomic E-state index is 11.6. The van der Waals surface area contributed by atoms with Crippen molar-refractivity contribution in [2.75, 3.05) is 13.2 Å². The van der Waals surface area contributed by atoms with Crippen LogP contribution in [0.25, 0.3) is 6.08 Å². The fourth-order valence-electron chi connectivity index (χ4n) is 1.46. The number of carbonyl (C=O) groups excluding carboxylic acids is 3. The number of ether oxygens (including phenoxy) is 2. The molecule has 0 saturated heterocycles. The minimum Gasteiger partial charge on any atom is -0.545 e. The molecule has 0 aromatic heterocycles. The Labute approximate surface area is 169 Å². The summed E-state index contributed by atoms with van der Waals surface area (Å²) in [5.74, 6) is -4.71. The van der Waals surface area contributed by atoms with Crippen molar-refractivity contribution >= 4 is 24.0 Å². The number of aliphatic carboxylic acids is 1. The van der Waals surface area contributed by atoms with Crippen LogP contribution in [0, 0.1) is 0 Å². The summed E-state index contributed by atoms with van der Waals surface area (Å²) in [4.78, 5) is 33.5. The van der Waals surface area contributed by atoms with Gasteiger partial charge in [0.15, 0.2) is 23.7 Å². The first-order valence-corrected chi connectivity index (χ1v) is 6.82. The molecule has 1 aromatic rings. The maximum absolute atomic E-state index is 11.6. The standard InChI is InChI=1S/C15H16O10.Na/c16-6-9(18)14(22)24-11-3-1-8(2-4-13(20)21)5-12(11)25-15(23)10(19)7-17;/h1-5,9-10,16-19H,6-7H2,(H,20,21);/q;+1/p-1. The fourth-order valence-corrected chi connectivity index (χ4v) is 1.46. The van der Waals surface area contributed by atoms with Gasteiger partial charge in [0.25, 0.3) is 0 Å². The summed E-state index contributed by atoms with van der Waals surface area (Å²) in [5.41, 5.74) is 0.216. The number of benzene rings is 1. The molecule has 11 heteroatoms. The van der Waals surface area contributed by atoms with Crippen LogP contribution in [-0.2, 0) is 14.4 Å². The van der Waals surface area contributed by atoms with Gasteiger partial charge in [-0.25, -0.2) is 9.59 Å². The Hall–Kier alpha value is -1.79. The van der Waals surface area contributed by atoms with E-state index in [1.807, 2.05) is 0 Å². The average molecular weight is 378 g/mol. The van der Waals surface area contributed by atoms with E-state index in [4.69, 9.17) is 19.7 Å². The van der Waals surface area contributed by atoms with Crippen LogP contribution in [0.5, 0.6) is 11.5 Å². The molecule has 0 aliphatic heterocycles. The van der Waals surface area contributed by atoms with E-state index in [0.717, 1.165) is 18.2 Å². The van der Waals surface area contributed by atoms with Crippen molar-refractivity contribution in [3.05, 3.63) is 29.8 Å². The van der Waals surface area contributed by atoms with Crippen LogP contribution in [0.2, 0.25) is 0 Å². The Morgan fingerprint density at radius 3 is 1.96 bits per heavy atom. The van der Waals surface area contributed by atoms with Gasteiger partial charge in [-0.3, -0.25) is 0 Å². The van der Waals surface area contributed by atoms with E-state index < -0.39 is 49.1 Å². The van der Waals surface area contributed by atoms with Gasteiger partial charge in [0.2, 0.25) is 0 Å². The van der Waals surface area contributed by atoms with Crippen molar-refractivity contribution in [3.63, 3.8) is 0 Å². The van der Waals surface area contributed by atoms with E-state index in [1.54, 1.807) is 0 Å². The van der Waals surface area contributed by atoms with Gasteiger partial charge in [0.1, 0.15) is 0 Å². The third kappa shape index (κ3) is 7.62. The zero-order valence-electron chi connectivity index (χ0n) is 13.7. The molecule has 0 aliphatic carbocycles. The van der Waals surface area contributed by atoms with E-state index in [-0.39, 0.29) is 40.9 Å². The second-order valence-corrected chi connectivity index (χ2v) is 4.60. The van der Waals surface area contributed by atoms with E-state index in [9.17, 15) is 29.7 Å². The summed E-state index contributed by atoms with van der Waals surface area (Å²) >= 11 is 0. The van der Waals surface area contributed by atoms with Gasteiger partial charge in [0, 0.05) is 0 Å². The summed E-state index contributed by atoms with van der Waals surface area (Å²) < 4.78 is 9.56. The molecule has 0 fully saturated rings. The predicted molar refractivity (Wildman–Crippen MR) is 77.9 cm³/mol. The first-order chi connectivity index (χ1) is 11.8. The molecule has 0 radical (unpaired) electrons. The van der Waals surface area contributed by atoms with Crippen molar-refractivity contribution in [2.45, 2.75) is 12.2 Å². The quantitative estimate of drug-likeness (QED) is 0.148. The summed E-state index contributed by atoms with van der Waals surface area (Å²) in [5, 5.41) is 46.3. The van der Waals surface area contributed by atoms with Crippen LogP contribution in [0.1, 0.15) is 5.56 Å². The van der Waals surface area contributed by atoms with E-state index >= 15 is 0 Å². The minimum atomic E-state index is -1.85. The molecule has 1 rings (SSSR count). The van der Waals surface area contributed by atoms with Gasteiger partial charge < -0.3 is 39.8 Å². The molecule has 0 bridgehead atoms. The van der Waals surface area contributed by atoms with Crippen LogP contribution in [0.15, 0.2) is 24.3 Å². The van der Waals surface area contributed by atoms with Crippen molar-refractivity contribution in [1.29, 1.82) is 0 Å². The third-order valence-electron chi connectivity index (χ3n) is 2.69. The third-order valence-corrected chi connectivity index (χ3v) is 2.69. The van der Waals surface area contributed by atoms with Crippen LogP contribution in [0.3, 0.4) is 0 Å². The number of carbonyl (C=O) groups is 3. The van der Waals surface area contributed by atoms with Crippen LogP contribution >= 0.6 is 0 Å². The molecule has 2 atom stereocenters. The number of carboxylic acid groups (broad SMARTS) is 1. The minimum absolute atomic E-state index is 0. The zero-order chi connectivity index (χ0) is 19.0. The van der Waals surface area contributed by atoms with Gasteiger partial charge in [-0.15, -0.1) is 0 Å². The number of rotatable bonds is 8. The van der Waals surface area contributed by atoms with Crippen LogP contribution in [-0.4, -0.2) is 63.8 Å². The number of hydrogen-bond acceptors (Lipinski definition) is 10. The van der Waals surface area contributed by atoms with Crippen LogP contribution in [0.4, 0.5) is 0 Å². The number of hydrogen-bond donors (Lipinski definition) is 4. The first-order valence-electron chi connectivity index (χ1n) is 6.82. The van der Waals surface area contributed by atoms with Crippen molar-refractivity contribution in [2.24, 2.45) is 0 Å². The number of carboxylic acids is 1. The SMILES string of the molecule is O=C([O-])C=Cc1ccc(OC(=O)C(O)CO)c(OC(=O)C(O)CO)c1.[Na+]. The van der Waals surface area contributed by atoms with Gasteiger partial charge in [0.05, 0.1) is 19.2 Å².